The molecule has 46 valence electrons. The van der Waals surface area contributed by atoms with Crippen LogP contribution in [-0.4, -0.2) is 12.9 Å². The molecule has 2 nitrogen and oxygen atoms in total. The van der Waals surface area contributed by atoms with Gasteiger partial charge >= 0.3 is 0 Å². The largest absolute Gasteiger partial charge is 0.467 e. The van der Waals surface area contributed by atoms with Crippen molar-refractivity contribution >= 4 is 0 Å². The van der Waals surface area contributed by atoms with Crippen LogP contribution >= 0.6 is 0 Å². The van der Waals surface area contributed by atoms with Crippen LogP contribution in [0.1, 0.15) is 13.3 Å². The summed E-state index contributed by atoms with van der Waals surface area (Å²) in [6, 6.07) is 0. The van der Waals surface area contributed by atoms with Gasteiger partial charge in [-0.05, 0) is 0 Å². The van der Waals surface area contributed by atoms with Gasteiger partial charge < -0.3 is 9.47 Å². The van der Waals surface area contributed by atoms with E-state index in [-0.39, 0.29) is 6.29 Å². The van der Waals surface area contributed by atoms with E-state index in [1.54, 1.807) is 0 Å². The minimum atomic E-state index is -0.0255. The molecule has 0 radical (unpaired) electrons. The van der Waals surface area contributed by atoms with Crippen molar-refractivity contribution in [2.75, 3.05) is 6.61 Å². The van der Waals surface area contributed by atoms with Crippen molar-refractivity contribution in [3.8, 4) is 0 Å². The van der Waals surface area contributed by atoms with Crippen LogP contribution in [0.2, 0.25) is 0 Å². The Kier molecular flexibility index (Phi) is 1.53. The van der Waals surface area contributed by atoms with Gasteiger partial charge in [0.2, 0.25) is 0 Å². The van der Waals surface area contributed by atoms with Crippen LogP contribution in [0.15, 0.2) is 12.3 Å². The van der Waals surface area contributed by atoms with E-state index in [1.807, 2.05) is 6.92 Å². The number of rotatable bonds is 1. The quantitative estimate of drug-likeness (QED) is 0.511. The van der Waals surface area contributed by atoms with Gasteiger partial charge in [-0.3, -0.25) is 0 Å². The van der Waals surface area contributed by atoms with E-state index in [0.717, 1.165) is 12.2 Å². The minimum Gasteiger partial charge on any atom is -0.467 e. The maximum Gasteiger partial charge on any atom is 0.199 e. The summed E-state index contributed by atoms with van der Waals surface area (Å²) < 4.78 is 10.2. The van der Waals surface area contributed by atoms with E-state index in [0.29, 0.717) is 6.61 Å². The molecule has 2 heteroatoms. The molecule has 0 aromatic heterocycles. The first-order valence-electron chi connectivity index (χ1n) is 2.79. The average Bonchev–Trinajstić information content (AvgIpc) is 2.14. The van der Waals surface area contributed by atoms with Crippen molar-refractivity contribution in [2.45, 2.75) is 19.6 Å². The first-order chi connectivity index (χ1) is 3.83. The summed E-state index contributed by atoms with van der Waals surface area (Å²) in [6.07, 6.45) is 0.876. The Morgan fingerprint density at radius 3 is 2.88 bits per heavy atom. The highest BCUT2D eigenvalue weighted by molar-refractivity contribution is 4.86. The zero-order valence-corrected chi connectivity index (χ0v) is 5.02. The van der Waals surface area contributed by atoms with Crippen LogP contribution in [0.3, 0.4) is 0 Å². The predicted molar refractivity (Wildman–Crippen MR) is 30.3 cm³/mol. The molecule has 0 aliphatic carbocycles. The van der Waals surface area contributed by atoms with Crippen molar-refractivity contribution in [3.63, 3.8) is 0 Å². The third-order valence-corrected chi connectivity index (χ3v) is 1.06. The molecule has 0 aromatic rings. The van der Waals surface area contributed by atoms with E-state index in [2.05, 4.69) is 6.58 Å². The molecular weight excluding hydrogens is 104 g/mol. The van der Waals surface area contributed by atoms with Crippen LogP contribution in [-0.2, 0) is 9.47 Å². The van der Waals surface area contributed by atoms with Crippen LogP contribution in [0.5, 0.6) is 0 Å². The standard InChI is InChI=1S/C6H10O2/c1-3-6-7-4-5(2)8-6/h6H,2-4H2,1H3. The van der Waals surface area contributed by atoms with Crippen LogP contribution in [0, 0.1) is 0 Å². The van der Waals surface area contributed by atoms with Gasteiger partial charge in [-0.1, -0.05) is 13.5 Å². The molecule has 1 aliphatic heterocycles. The molecule has 0 amide bonds. The summed E-state index contributed by atoms with van der Waals surface area (Å²) in [5.74, 6) is 0.747. The molecule has 1 fully saturated rings. The summed E-state index contributed by atoms with van der Waals surface area (Å²) in [7, 11) is 0. The monoisotopic (exact) mass is 114 g/mol. The lowest BCUT2D eigenvalue weighted by Crippen LogP contribution is -2.03. The second-order valence-corrected chi connectivity index (χ2v) is 1.81. The van der Waals surface area contributed by atoms with Gasteiger partial charge in [0.25, 0.3) is 0 Å². The van der Waals surface area contributed by atoms with Crippen molar-refractivity contribution in [1.82, 2.24) is 0 Å². The molecule has 0 N–H and O–H groups in total. The van der Waals surface area contributed by atoms with Gasteiger partial charge in [-0.15, -0.1) is 0 Å². The molecule has 1 saturated heterocycles. The molecular formula is C6H10O2. The second kappa shape index (κ2) is 2.18. The lowest BCUT2D eigenvalue weighted by molar-refractivity contribution is -0.0331. The zero-order chi connectivity index (χ0) is 5.98. The topological polar surface area (TPSA) is 18.5 Å². The fourth-order valence-electron chi connectivity index (χ4n) is 0.641. The Morgan fingerprint density at radius 2 is 2.62 bits per heavy atom. The lowest BCUT2D eigenvalue weighted by Gasteiger charge is -2.03. The highest BCUT2D eigenvalue weighted by Gasteiger charge is 2.16. The van der Waals surface area contributed by atoms with Gasteiger partial charge in [-0.2, -0.15) is 0 Å². The first kappa shape index (κ1) is 5.63. The van der Waals surface area contributed by atoms with E-state index in [4.69, 9.17) is 9.47 Å². The van der Waals surface area contributed by atoms with E-state index < -0.39 is 0 Å². The molecule has 8 heavy (non-hydrogen) atoms. The number of hydrogen-bond donors (Lipinski definition) is 0. The van der Waals surface area contributed by atoms with Crippen molar-refractivity contribution in [1.29, 1.82) is 0 Å². The smallest absolute Gasteiger partial charge is 0.199 e. The van der Waals surface area contributed by atoms with Crippen LogP contribution in [0.4, 0.5) is 0 Å². The fourth-order valence-corrected chi connectivity index (χ4v) is 0.641. The van der Waals surface area contributed by atoms with Gasteiger partial charge in [0, 0.05) is 6.42 Å². The first-order valence-corrected chi connectivity index (χ1v) is 2.79. The van der Waals surface area contributed by atoms with E-state index in [1.165, 1.54) is 0 Å². The molecule has 0 spiro atoms. The van der Waals surface area contributed by atoms with E-state index >= 15 is 0 Å². The molecule has 0 aromatic carbocycles. The molecule has 1 rings (SSSR count). The van der Waals surface area contributed by atoms with Gasteiger partial charge in [0.1, 0.15) is 12.4 Å². The Morgan fingerprint density at radius 1 is 1.88 bits per heavy atom. The summed E-state index contributed by atoms with van der Waals surface area (Å²) >= 11 is 0. The normalized spacial score (nSPS) is 28.1. The molecule has 1 atom stereocenters. The fraction of sp³-hybridized carbons (Fsp3) is 0.667. The number of hydrogen-bond acceptors (Lipinski definition) is 2. The summed E-state index contributed by atoms with van der Waals surface area (Å²) in [5, 5.41) is 0. The van der Waals surface area contributed by atoms with Crippen molar-refractivity contribution in [3.05, 3.63) is 12.3 Å². The average molecular weight is 114 g/mol. The van der Waals surface area contributed by atoms with Crippen LogP contribution < -0.4 is 0 Å². The molecule has 0 bridgehead atoms. The molecule has 1 heterocycles. The third-order valence-electron chi connectivity index (χ3n) is 1.06. The number of ether oxygens (including phenoxy) is 2. The van der Waals surface area contributed by atoms with Crippen molar-refractivity contribution < 1.29 is 9.47 Å². The van der Waals surface area contributed by atoms with Gasteiger partial charge in [-0.25, -0.2) is 0 Å². The Labute approximate surface area is 49.1 Å². The SMILES string of the molecule is C=C1COC(CC)O1. The second-order valence-electron chi connectivity index (χ2n) is 1.81. The van der Waals surface area contributed by atoms with Crippen molar-refractivity contribution in [2.24, 2.45) is 0 Å². The predicted octanol–water partition coefficient (Wildman–Crippen LogP) is 1.28. The zero-order valence-electron chi connectivity index (χ0n) is 5.02. The summed E-state index contributed by atoms with van der Waals surface area (Å²) in [5.41, 5.74) is 0. The van der Waals surface area contributed by atoms with E-state index in [9.17, 15) is 0 Å². The lowest BCUT2D eigenvalue weighted by atomic mass is 10.5. The summed E-state index contributed by atoms with van der Waals surface area (Å²) in [6.45, 7) is 6.19. The van der Waals surface area contributed by atoms with Gasteiger partial charge in [0.15, 0.2) is 6.29 Å². The Balaban J connectivity index is 2.32. The van der Waals surface area contributed by atoms with Crippen LogP contribution in [0.25, 0.3) is 0 Å². The maximum atomic E-state index is 5.09. The molecule has 1 aliphatic rings. The highest BCUT2D eigenvalue weighted by atomic mass is 16.7. The maximum absolute atomic E-state index is 5.09. The Hall–Kier alpha value is -0.500. The third kappa shape index (κ3) is 1.01. The molecule has 0 saturated carbocycles. The minimum absolute atomic E-state index is 0.0255. The highest BCUT2D eigenvalue weighted by Crippen LogP contribution is 2.14. The molecule has 1 unspecified atom stereocenters. The summed E-state index contributed by atoms with van der Waals surface area (Å²) in [4.78, 5) is 0. The Bertz CT molecular complexity index is 98.7. The van der Waals surface area contributed by atoms with Gasteiger partial charge in [0.05, 0.1) is 0 Å².